The van der Waals surface area contributed by atoms with Crippen LogP contribution < -0.4 is 10.6 Å². The summed E-state index contributed by atoms with van der Waals surface area (Å²) in [5.41, 5.74) is 2.25. The average Bonchev–Trinajstić information content (AvgIpc) is 3.32. The number of amides is 1. The van der Waals surface area contributed by atoms with E-state index in [2.05, 4.69) is 34.4 Å². The van der Waals surface area contributed by atoms with E-state index in [1.54, 1.807) is 6.20 Å². The molecule has 1 aromatic heterocycles. The average molecular weight is 296 g/mol. The Hall–Kier alpha value is -2.43. The number of rotatable bonds is 5. The lowest BCUT2D eigenvalue weighted by molar-refractivity contribution is 0.102. The van der Waals surface area contributed by atoms with Gasteiger partial charge in [0.1, 0.15) is 11.5 Å². The number of anilines is 2. The quantitative estimate of drug-likeness (QED) is 0.887. The van der Waals surface area contributed by atoms with Crippen LogP contribution in [0.1, 0.15) is 48.7 Å². The first kappa shape index (κ1) is 14.5. The number of benzene rings is 1. The number of hydrogen-bond acceptors (Lipinski definition) is 4. The van der Waals surface area contributed by atoms with Crippen molar-refractivity contribution in [3.63, 3.8) is 0 Å². The van der Waals surface area contributed by atoms with Gasteiger partial charge in [0.05, 0.1) is 12.4 Å². The number of carbonyl (C=O) groups excluding carboxylic acids is 1. The molecule has 0 radical (unpaired) electrons. The van der Waals surface area contributed by atoms with Crippen molar-refractivity contribution in [1.82, 2.24) is 9.97 Å². The summed E-state index contributed by atoms with van der Waals surface area (Å²) in [6.45, 7) is 4.20. The monoisotopic (exact) mass is 296 g/mol. The molecule has 5 heteroatoms. The van der Waals surface area contributed by atoms with E-state index in [0.717, 1.165) is 17.1 Å². The van der Waals surface area contributed by atoms with Gasteiger partial charge in [-0.25, -0.2) is 9.97 Å². The summed E-state index contributed by atoms with van der Waals surface area (Å²) in [4.78, 5) is 20.7. The molecular formula is C17H20N4O. The molecule has 22 heavy (non-hydrogen) atoms. The standard InChI is InChI=1S/C17H20N4O/c1-11(2)13-5-3-4-6-14(13)21-17(22)15-9-19-16(10-18-15)20-12-7-8-12/h3-6,9-12H,7-8H2,1-2H3,(H,19,20)(H,21,22). The molecule has 0 saturated heterocycles. The van der Waals surface area contributed by atoms with E-state index in [1.807, 2.05) is 24.3 Å². The minimum atomic E-state index is -0.237. The van der Waals surface area contributed by atoms with Crippen LogP contribution in [-0.4, -0.2) is 21.9 Å². The predicted octanol–water partition coefficient (Wildman–Crippen LogP) is 3.43. The smallest absolute Gasteiger partial charge is 0.275 e. The number of nitrogens with zero attached hydrogens (tertiary/aromatic N) is 2. The summed E-state index contributed by atoms with van der Waals surface area (Å²) >= 11 is 0. The van der Waals surface area contributed by atoms with Gasteiger partial charge in [0, 0.05) is 11.7 Å². The van der Waals surface area contributed by atoms with Crippen molar-refractivity contribution in [2.24, 2.45) is 0 Å². The summed E-state index contributed by atoms with van der Waals surface area (Å²) in [5.74, 6) is 0.827. The van der Waals surface area contributed by atoms with Crippen LogP contribution in [0.4, 0.5) is 11.5 Å². The third-order valence-corrected chi connectivity index (χ3v) is 3.64. The van der Waals surface area contributed by atoms with Crippen molar-refractivity contribution in [3.05, 3.63) is 47.9 Å². The molecule has 0 spiro atoms. The van der Waals surface area contributed by atoms with Crippen molar-refractivity contribution in [3.8, 4) is 0 Å². The van der Waals surface area contributed by atoms with Crippen LogP contribution in [0, 0.1) is 0 Å². The van der Waals surface area contributed by atoms with Crippen LogP contribution in [0.15, 0.2) is 36.7 Å². The summed E-state index contributed by atoms with van der Waals surface area (Å²) < 4.78 is 0. The van der Waals surface area contributed by atoms with E-state index in [0.29, 0.717) is 17.7 Å². The Morgan fingerprint density at radius 2 is 1.95 bits per heavy atom. The maximum atomic E-state index is 12.3. The van der Waals surface area contributed by atoms with E-state index >= 15 is 0 Å². The Labute approximate surface area is 130 Å². The van der Waals surface area contributed by atoms with Crippen LogP contribution in [0.5, 0.6) is 0 Å². The van der Waals surface area contributed by atoms with Gasteiger partial charge in [0.15, 0.2) is 0 Å². The van der Waals surface area contributed by atoms with Gasteiger partial charge < -0.3 is 10.6 Å². The highest BCUT2D eigenvalue weighted by atomic mass is 16.1. The topological polar surface area (TPSA) is 66.9 Å². The van der Waals surface area contributed by atoms with Gasteiger partial charge in [-0.15, -0.1) is 0 Å². The van der Waals surface area contributed by atoms with E-state index in [-0.39, 0.29) is 5.91 Å². The second kappa shape index (κ2) is 6.13. The maximum absolute atomic E-state index is 12.3. The number of nitrogens with one attached hydrogen (secondary N) is 2. The fraction of sp³-hybridized carbons (Fsp3) is 0.353. The fourth-order valence-electron chi connectivity index (χ4n) is 2.26. The van der Waals surface area contributed by atoms with Gasteiger partial charge in [-0.3, -0.25) is 4.79 Å². The first-order valence-corrected chi connectivity index (χ1v) is 7.62. The molecule has 1 saturated carbocycles. The summed E-state index contributed by atoms with van der Waals surface area (Å²) in [6, 6.07) is 8.34. The van der Waals surface area contributed by atoms with Crippen molar-refractivity contribution >= 4 is 17.4 Å². The van der Waals surface area contributed by atoms with Gasteiger partial charge in [-0.1, -0.05) is 32.0 Å². The molecule has 1 aliphatic carbocycles. The van der Waals surface area contributed by atoms with Crippen LogP contribution >= 0.6 is 0 Å². The number of aromatic nitrogens is 2. The molecular weight excluding hydrogens is 276 g/mol. The molecule has 5 nitrogen and oxygen atoms in total. The third kappa shape index (κ3) is 3.42. The van der Waals surface area contributed by atoms with E-state index < -0.39 is 0 Å². The van der Waals surface area contributed by atoms with Crippen molar-refractivity contribution in [2.45, 2.75) is 38.6 Å². The van der Waals surface area contributed by atoms with Crippen molar-refractivity contribution in [2.75, 3.05) is 10.6 Å². The van der Waals surface area contributed by atoms with Crippen LogP contribution in [0.2, 0.25) is 0 Å². The zero-order valence-corrected chi connectivity index (χ0v) is 12.8. The lowest BCUT2D eigenvalue weighted by Gasteiger charge is -2.13. The van der Waals surface area contributed by atoms with Gasteiger partial charge in [0.25, 0.3) is 5.91 Å². The Balaban J connectivity index is 1.71. The van der Waals surface area contributed by atoms with Gasteiger partial charge >= 0.3 is 0 Å². The van der Waals surface area contributed by atoms with Crippen molar-refractivity contribution < 1.29 is 4.79 Å². The number of hydrogen-bond donors (Lipinski definition) is 2. The second-order valence-corrected chi connectivity index (χ2v) is 5.90. The molecule has 1 amide bonds. The lowest BCUT2D eigenvalue weighted by atomic mass is 10.0. The third-order valence-electron chi connectivity index (χ3n) is 3.64. The number of carbonyl (C=O) groups is 1. The molecule has 1 heterocycles. The zero-order valence-electron chi connectivity index (χ0n) is 12.8. The Kier molecular flexibility index (Phi) is 4.04. The maximum Gasteiger partial charge on any atom is 0.275 e. The Morgan fingerprint density at radius 1 is 1.18 bits per heavy atom. The molecule has 2 aromatic rings. The van der Waals surface area contributed by atoms with Gasteiger partial charge in [-0.2, -0.15) is 0 Å². The molecule has 0 aliphatic heterocycles. The lowest BCUT2D eigenvalue weighted by Crippen LogP contribution is -2.16. The van der Waals surface area contributed by atoms with Crippen LogP contribution in [0.25, 0.3) is 0 Å². The molecule has 2 N–H and O–H groups in total. The highest BCUT2D eigenvalue weighted by molar-refractivity contribution is 6.03. The second-order valence-electron chi connectivity index (χ2n) is 5.90. The molecule has 3 rings (SSSR count). The Bertz CT molecular complexity index is 663. The SMILES string of the molecule is CC(C)c1ccccc1NC(=O)c1cnc(NC2CC2)cn1. The van der Waals surface area contributed by atoms with E-state index in [4.69, 9.17) is 0 Å². The minimum absolute atomic E-state index is 0.237. The van der Waals surface area contributed by atoms with Crippen molar-refractivity contribution in [1.29, 1.82) is 0 Å². The highest BCUT2D eigenvalue weighted by Crippen LogP contribution is 2.24. The Morgan fingerprint density at radius 3 is 2.59 bits per heavy atom. The molecule has 0 bridgehead atoms. The van der Waals surface area contributed by atoms with E-state index in [1.165, 1.54) is 19.0 Å². The van der Waals surface area contributed by atoms with Crippen LogP contribution in [0.3, 0.4) is 0 Å². The predicted molar refractivity (Wildman–Crippen MR) is 87.2 cm³/mol. The molecule has 0 unspecified atom stereocenters. The highest BCUT2D eigenvalue weighted by Gasteiger charge is 2.21. The molecule has 114 valence electrons. The zero-order chi connectivity index (χ0) is 15.5. The van der Waals surface area contributed by atoms with E-state index in [9.17, 15) is 4.79 Å². The minimum Gasteiger partial charge on any atom is -0.366 e. The first-order valence-electron chi connectivity index (χ1n) is 7.62. The molecule has 1 fully saturated rings. The first-order chi connectivity index (χ1) is 10.6. The normalized spacial score (nSPS) is 14.0. The van der Waals surface area contributed by atoms with Gasteiger partial charge in [-0.05, 0) is 30.4 Å². The molecule has 1 aromatic carbocycles. The molecule has 1 aliphatic rings. The number of para-hydroxylation sites is 1. The fourth-order valence-corrected chi connectivity index (χ4v) is 2.26. The van der Waals surface area contributed by atoms with Crippen LogP contribution in [-0.2, 0) is 0 Å². The molecule has 0 atom stereocenters. The summed E-state index contributed by atoms with van der Waals surface area (Å²) in [7, 11) is 0. The largest absolute Gasteiger partial charge is 0.366 e. The van der Waals surface area contributed by atoms with Gasteiger partial charge in [0.2, 0.25) is 0 Å². The summed E-state index contributed by atoms with van der Waals surface area (Å²) in [5, 5.41) is 6.17. The summed E-state index contributed by atoms with van der Waals surface area (Å²) in [6.07, 6.45) is 5.48.